The van der Waals surface area contributed by atoms with Gasteiger partial charge in [-0.25, -0.2) is 4.39 Å². The second-order valence-corrected chi connectivity index (χ2v) is 5.67. The van der Waals surface area contributed by atoms with Crippen LogP contribution in [0.1, 0.15) is 19.4 Å². The van der Waals surface area contributed by atoms with Crippen LogP contribution >= 0.6 is 0 Å². The number of benzene rings is 2. The molecule has 0 aliphatic carbocycles. The maximum atomic E-state index is 13.2. The molecule has 1 atom stereocenters. The molecular weight excluding hydrogens is 307 g/mol. The van der Waals surface area contributed by atoms with E-state index in [1.54, 1.807) is 12.1 Å². The maximum Gasteiger partial charge on any atom is 0.241 e. The molecule has 2 rings (SSSR count). The van der Waals surface area contributed by atoms with Crippen molar-refractivity contribution in [3.05, 3.63) is 59.9 Å². The SMILES string of the molecule is CCOc1ccc(CN(C)[C@@H](C)C(=O)Nc2cccc(F)c2)cc1. The van der Waals surface area contributed by atoms with Crippen LogP contribution in [0.5, 0.6) is 5.75 Å². The van der Waals surface area contributed by atoms with E-state index in [1.165, 1.54) is 12.1 Å². The number of amides is 1. The summed E-state index contributed by atoms with van der Waals surface area (Å²) in [6.45, 7) is 5.03. The molecule has 2 aromatic carbocycles. The summed E-state index contributed by atoms with van der Waals surface area (Å²) in [6.07, 6.45) is 0. The molecule has 0 saturated heterocycles. The Balaban J connectivity index is 1.93. The minimum absolute atomic E-state index is 0.172. The first-order valence-corrected chi connectivity index (χ1v) is 7.98. The lowest BCUT2D eigenvalue weighted by atomic mass is 10.1. The maximum absolute atomic E-state index is 13.2. The van der Waals surface area contributed by atoms with Gasteiger partial charge in [-0.2, -0.15) is 0 Å². The lowest BCUT2D eigenvalue weighted by Crippen LogP contribution is -2.39. The van der Waals surface area contributed by atoms with Crippen molar-refractivity contribution in [1.82, 2.24) is 4.90 Å². The van der Waals surface area contributed by atoms with Crippen molar-refractivity contribution in [1.29, 1.82) is 0 Å². The van der Waals surface area contributed by atoms with Gasteiger partial charge in [0.15, 0.2) is 0 Å². The molecule has 0 bridgehead atoms. The first-order chi connectivity index (χ1) is 11.5. The van der Waals surface area contributed by atoms with Gasteiger partial charge in [0.25, 0.3) is 0 Å². The van der Waals surface area contributed by atoms with Gasteiger partial charge in [0.05, 0.1) is 12.6 Å². The van der Waals surface area contributed by atoms with Crippen LogP contribution in [0.25, 0.3) is 0 Å². The number of ether oxygens (including phenoxy) is 1. The summed E-state index contributed by atoms with van der Waals surface area (Å²) >= 11 is 0. The first-order valence-electron chi connectivity index (χ1n) is 7.98. The molecule has 0 aromatic heterocycles. The average Bonchev–Trinajstić information content (AvgIpc) is 2.56. The average molecular weight is 330 g/mol. The number of hydrogen-bond acceptors (Lipinski definition) is 3. The van der Waals surface area contributed by atoms with E-state index in [1.807, 2.05) is 50.1 Å². The molecule has 0 unspecified atom stereocenters. The van der Waals surface area contributed by atoms with Crippen molar-refractivity contribution in [3.8, 4) is 5.75 Å². The Bertz CT molecular complexity index is 673. The summed E-state index contributed by atoms with van der Waals surface area (Å²) in [7, 11) is 1.88. The molecule has 1 amide bonds. The number of hydrogen-bond donors (Lipinski definition) is 1. The molecule has 5 heteroatoms. The molecule has 0 heterocycles. The smallest absolute Gasteiger partial charge is 0.241 e. The number of nitrogens with zero attached hydrogens (tertiary/aromatic N) is 1. The number of nitrogens with one attached hydrogen (secondary N) is 1. The number of carbonyl (C=O) groups is 1. The van der Waals surface area contributed by atoms with Gasteiger partial charge in [0.1, 0.15) is 11.6 Å². The predicted octanol–water partition coefficient (Wildman–Crippen LogP) is 3.68. The third kappa shape index (κ3) is 5.06. The highest BCUT2D eigenvalue weighted by molar-refractivity contribution is 5.94. The van der Waals surface area contributed by atoms with Gasteiger partial charge in [-0.1, -0.05) is 18.2 Å². The molecule has 0 spiro atoms. The quantitative estimate of drug-likeness (QED) is 0.842. The zero-order valence-electron chi connectivity index (χ0n) is 14.3. The van der Waals surface area contributed by atoms with Crippen molar-refractivity contribution < 1.29 is 13.9 Å². The summed E-state index contributed by atoms with van der Waals surface area (Å²) < 4.78 is 18.6. The monoisotopic (exact) mass is 330 g/mol. The first kappa shape index (κ1) is 17.9. The van der Waals surface area contributed by atoms with Crippen LogP contribution in [0.15, 0.2) is 48.5 Å². The zero-order valence-corrected chi connectivity index (χ0v) is 14.3. The summed E-state index contributed by atoms with van der Waals surface area (Å²) in [5.41, 5.74) is 1.55. The molecule has 4 nitrogen and oxygen atoms in total. The minimum atomic E-state index is -0.372. The Morgan fingerprint density at radius 1 is 1.25 bits per heavy atom. The van der Waals surface area contributed by atoms with Crippen molar-refractivity contribution >= 4 is 11.6 Å². The van der Waals surface area contributed by atoms with Crippen molar-refractivity contribution in [2.75, 3.05) is 19.0 Å². The van der Waals surface area contributed by atoms with Crippen LogP contribution < -0.4 is 10.1 Å². The van der Waals surface area contributed by atoms with E-state index in [2.05, 4.69) is 5.32 Å². The largest absolute Gasteiger partial charge is 0.494 e. The van der Waals surface area contributed by atoms with Crippen molar-refractivity contribution in [3.63, 3.8) is 0 Å². The van der Waals surface area contributed by atoms with Crippen LogP contribution in [0.3, 0.4) is 0 Å². The van der Waals surface area contributed by atoms with Crippen LogP contribution in [0.4, 0.5) is 10.1 Å². The predicted molar refractivity (Wildman–Crippen MR) is 93.6 cm³/mol. The highest BCUT2D eigenvalue weighted by atomic mass is 19.1. The van der Waals surface area contributed by atoms with Gasteiger partial charge < -0.3 is 10.1 Å². The Morgan fingerprint density at radius 3 is 2.58 bits per heavy atom. The lowest BCUT2D eigenvalue weighted by molar-refractivity contribution is -0.120. The molecule has 0 aliphatic rings. The zero-order chi connectivity index (χ0) is 17.5. The molecule has 128 valence electrons. The van der Waals surface area contributed by atoms with E-state index < -0.39 is 0 Å². The van der Waals surface area contributed by atoms with Crippen LogP contribution in [-0.4, -0.2) is 30.5 Å². The summed E-state index contributed by atoms with van der Waals surface area (Å²) in [6, 6.07) is 13.3. The number of rotatable bonds is 7. The molecule has 24 heavy (non-hydrogen) atoms. The number of carbonyl (C=O) groups excluding carboxylic acids is 1. The van der Waals surface area contributed by atoms with Crippen molar-refractivity contribution in [2.45, 2.75) is 26.4 Å². The summed E-state index contributed by atoms with van der Waals surface area (Å²) in [5.74, 6) is 0.290. The minimum Gasteiger partial charge on any atom is -0.494 e. The van der Waals surface area contributed by atoms with Crippen LogP contribution in [-0.2, 0) is 11.3 Å². The molecule has 1 N–H and O–H groups in total. The van der Waals surface area contributed by atoms with E-state index in [0.717, 1.165) is 11.3 Å². The fraction of sp³-hybridized carbons (Fsp3) is 0.316. The second kappa shape index (κ2) is 8.45. The van der Waals surface area contributed by atoms with Crippen LogP contribution in [0.2, 0.25) is 0 Å². The topological polar surface area (TPSA) is 41.6 Å². The number of likely N-dealkylation sites (N-methyl/N-ethyl adjacent to an activating group) is 1. The van der Waals surface area contributed by atoms with E-state index in [9.17, 15) is 9.18 Å². The molecular formula is C19H23FN2O2. The normalized spacial score (nSPS) is 12.0. The molecule has 0 saturated carbocycles. The van der Waals surface area contributed by atoms with Gasteiger partial charge in [-0.15, -0.1) is 0 Å². The number of anilines is 1. The van der Waals surface area contributed by atoms with Gasteiger partial charge in [0.2, 0.25) is 5.91 Å². The Labute approximate surface area is 142 Å². The Morgan fingerprint density at radius 2 is 1.96 bits per heavy atom. The summed E-state index contributed by atoms with van der Waals surface area (Å²) in [4.78, 5) is 14.2. The molecule has 0 fully saturated rings. The highest BCUT2D eigenvalue weighted by Gasteiger charge is 2.18. The van der Waals surface area contributed by atoms with Gasteiger partial charge in [-0.3, -0.25) is 9.69 Å². The van der Waals surface area contributed by atoms with Gasteiger partial charge >= 0.3 is 0 Å². The Hall–Kier alpha value is -2.40. The third-order valence-electron chi connectivity index (χ3n) is 3.80. The van der Waals surface area contributed by atoms with E-state index in [-0.39, 0.29) is 17.8 Å². The highest BCUT2D eigenvalue weighted by Crippen LogP contribution is 2.15. The van der Waals surface area contributed by atoms with E-state index >= 15 is 0 Å². The molecule has 0 radical (unpaired) electrons. The van der Waals surface area contributed by atoms with Crippen LogP contribution in [0, 0.1) is 5.82 Å². The Kier molecular flexibility index (Phi) is 6.32. The lowest BCUT2D eigenvalue weighted by Gasteiger charge is -2.24. The third-order valence-corrected chi connectivity index (χ3v) is 3.80. The fourth-order valence-corrected chi connectivity index (χ4v) is 2.30. The molecule has 0 aliphatic heterocycles. The van der Waals surface area contributed by atoms with E-state index in [4.69, 9.17) is 4.74 Å². The molecule has 2 aromatic rings. The van der Waals surface area contributed by atoms with Crippen molar-refractivity contribution in [2.24, 2.45) is 0 Å². The number of halogens is 1. The standard InChI is InChI=1S/C19H23FN2O2/c1-4-24-18-10-8-15(9-11-18)13-22(3)14(2)19(23)21-17-7-5-6-16(20)12-17/h5-12,14H,4,13H2,1-3H3,(H,21,23)/t14-/m0/s1. The fourth-order valence-electron chi connectivity index (χ4n) is 2.30. The van der Waals surface area contributed by atoms with E-state index in [0.29, 0.717) is 18.8 Å². The second-order valence-electron chi connectivity index (χ2n) is 5.67. The van der Waals surface area contributed by atoms with Gasteiger partial charge in [0, 0.05) is 12.2 Å². The van der Waals surface area contributed by atoms with Gasteiger partial charge in [-0.05, 0) is 56.8 Å². The summed E-state index contributed by atoms with van der Waals surface area (Å²) in [5, 5.41) is 2.73.